The number of Topliss-reactive ketones (excluding diaryl/α,β-unsaturated/α-hetero) is 1. The van der Waals surface area contributed by atoms with Crippen LogP contribution >= 0.6 is 0 Å². The molecule has 0 aromatic heterocycles. The zero-order chi connectivity index (χ0) is 26.0. The zero-order valence-corrected chi connectivity index (χ0v) is 20.4. The van der Waals surface area contributed by atoms with Gasteiger partial charge in [-0.25, -0.2) is 0 Å². The van der Waals surface area contributed by atoms with Gasteiger partial charge in [0.15, 0.2) is 17.3 Å². The first-order chi connectivity index (χ1) is 17.8. The highest BCUT2D eigenvalue weighted by Crippen LogP contribution is 2.50. The molecule has 7 atom stereocenters. The van der Waals surface area contributed by atoms with Gasteiger partial charge in [-0.05, 0) is 30.7 Å². The molecule has 4 aliphatic heterocycles. The van der Waals surface area contributed by atoms with Crippen molar-refractivity contribution in [2.75, 3.05) is 20.3 Å². The lowest BCUT2D eigenvalue weighted by Crippen LogP contribution is -2.54. The minimum absolute atomic E-state index is 0.110. The Morgan fingerprint density at radius 1 is 1.05 bits per heavy atom. The van der Waals surface area contributed by atoms with Crippen molar-refractivity contribution in [1.29, 1.82) is 0 Å². The Morgan fingerprint density at radius 2 is 1.86 bits per heavy atom. The fourth-order valence-electron chi connectivity index (χ4n) is 5.28. The second-order valence-corrected chi connectivity index (χ2v) is 9.79. The maximum absolute atomic E-state index is 13.8. The lowest BCUT2D eigenvalue weighted by molar-refractivity contribution is -0.242. The summed E-state index contributed by atoms with van der Waals surface area (Å²) in [6, 6.07) is 6.74. The average molecular weight is 513 g/mol. The molecule has 0 saturated carbocycles. The molecule has 3 N–H and O–H groups in total. The SMILES string of the molecule is C=C(C)[C@H]1Cc2c(ccc3c2O[C@@H]2COc4cc(OC)c(O[C@H]5OC[C@@H](O)[C@@H](O)[C@@H]5O)cc4[C@@H]2C3=O)O1. The van der Waals surface area contributed by atoms with E-state index in [2.05, 4.69) is 6.58 Å². The van der Waals surface area contributed by atoms with E-state index >= 15 is 0 Å². The Bertz CT molecular complexity index is 1270. The topological polar surface area (TPSA) is 133 Å². The summed E-state index contributed by atoms with van der Waals surface area (Å²) < 4.78 is 35.0. The van der Waals surface area contributed by atoms with Crippen LogP contribution in [-0.4, -0.2) is 78.2 Å². The molecule has 0 unspecified atom stereocenters. The van der Waals surface area contributed by atoms with Crippen LogP contribution in [0.25, 0.3) is 0 Å². The Kier molecular flexibility index (Phi) is 5.79. The van der Waals surface area contributed by atoms with Crippen LogP contribution in [0.1, 0.15) is 34.3 Å². The van der Waals surface area contributed by atoms with Crippen LogP contribution < -0.4 is 23.7 Å². The Balaban J connectivity index is 1.34. The molecule has 4 aliphatic rings. The molecule has 0 bridgehead atoms. The van der Waals surface area contributed by atoms with Crippen molar-refractivity contribution in [3.63, 3.8) is 0 Å². The van der Waals surface area contributed by atoms with Crippen LogP contribution in [-0.2, 0) is 11.2 Å². The van der Waals surface area contributed by atoms with E-state index in [1.807, 2.05) is 6.92 Å². The van der Waals surface area contributed by atoms with E-state index in [4.69, 9.17) is 28.4 Å². The van der Waals surface area contributed by atoms with Gasteiger partial charge in [-0.1, -0.05) is 6.58 Å². The summed E-state index contributed by atoms with van der Waals surface area (Å²) in [5.74, 6) is 1.37. The van der Waals surface area contributed by atoms with Gasteiger partial charge in [0.25, 0.3) is 0 Å². The summed E-state index contributed by atoms with van der Waals surface area (Å²) in [6.45, 7) is 5.84. The zero-order valence-electron chi connectivity index (χ0n) is 20.4. The van der Waals surface area contributed by atoms with Gasteiger partial charge in [-0.3, -0.25) is 4.79 Å². The molecule has 1 fully saturated rings. The molecule has 2 aromatic rings. The predicted octanol–water partition coefficient (Wildman–Crippen LogP) is 1.51. The van der Waals surface area contributed by atoms with E-state index in [1.165, 1.54) is 7.11 Å². The number of ketones is 1. The molecular weight excluding hydrogens is 484 g/mol. The molecule has 37 heavy (non-hydrogen) atoms. The first-order valence-electron chi connectivity index (χ1n) is 12.1. The Morgan fingerprint density at radius 3 is 2.62 bits per heavy atom. The van der Waals surface area contributed by atoms with Crippen LogP contribution in [0.15, 0.2) is 36.4 Å². The van der Waals surface area contributed by atoms with E-state index in [9.17, 15) is 20.1 Å². The van der Waals surface area contributed by atoms with Crippen molar-refractivity contribution in [3.8, 4) is 28.7 Å². The maximum Gasteiger partial charge on any atom is 0.229 e. The number of carbonyl (C=O) groups is 1. The van der Waals surface area contributed by atoms with Crippen molar-refractivity contribution in [3.05, 3.63) is 53.1 Å². The molecule has 1 saturated heterocycles. The summed E-state index contributed by atoms with van der Waals surface area (Å²) in [7, 11) is 1.45. The Hall–Kier alpha value is -3.31. The quantitative estimate of drug-likeness (QED) is 0.518. The van der Waals surface area contributed by atoms with Crippen molar-refractivity contribution >= 4 is 5.78 Å². The number of rotatable bonds is 4. The van der Waals surface area contributed by atoms with Gasteiger partial charge >= 0.3 is 0 Å². The fraction of sp³-hybridized carbons (Fsp3) is 0.444. The number of hydrogen-bond donors (Lipinski definition) is 3. The summed E-state index contributed by atoms with van der Waals surface area (Å²) in [5, 5.41) is 30.1. The monoisotopic (exact) mass is 512 g/mol. The van der Waals surface area contributed by atoms with Gasteiger partial charge in [-0.2, -0.15) is 0 Å². The second-order valence-electron chi connectivity index (χ2n) is 9.79. The molecule has 0 amide bonds. The van der Waals surface area contributed by atoms with Crippen molar-refractivity contribution in [2.45, 2.75) is 56.1 Å². The normalized spacial score (nSPS) is 31.5. The molecule has 10 nitrogen and oxygen atoms in total. The second kappa shape index (κ2) is 8.91. The third kappa shape index (κ3) is 3.83. The number of ether oxygens (including phenoxy) is 6. The van der Waals surface area contributed by atoms with E-state index in [1.54, 1.807) is 24.3 Å². The number of aliphatic hydroxyl groups excluding tert-OH is 3. The van der Waals surface area contributed by atoms with E-state index in [-0.39, 0.29) is 30.9 Å². The average Bonchev–Trinajstić information content (AvgIpc) is 3.34. The molecular formula is C27H28O10. The molecule has 0 aliphatic carbocycles. The highest BCUT2D eigenvalue weighted by molar-refractivity contribution is 6.06. The molecule has 2 aromatic carbocycles. The summed E-state index contributed by atoms with van der Waals surface area (Å²) >= 11 is 0. The Labute approximate surface area is 212 Å². The number of hydrogen-bond acceptors (Lipinski definition) is 10. The summed E-state index contributed by atoms with van der Waals surface area (Å²) in [5.41, 5.74) is 2.77. The standard InChI is InChI=1S/C27H28O10/c1-11(2)17-7-14-16(35-17)5-4-12-23(29)22-13-6-20(37-27-25(31)24(30)15(28)9-34-27)19(32-3)8-18(13)33-10-21(22)36-26(12)14/h4-6,8,15,17,21-22,24-25,27-28,30-31H,1,7,9-10H2,2-3H3/t15-,17-,21-,22+,24-,25+,27-/m1/s1. The van der Waals surface area contributed by atoms with Gasteiger partial charge in [-0.15, -0.1) is 0 Å². The van der Waals surface area contributed by atoms with E-state index in [0.29, 0.717) is 40.5 Å². The third-order valence-corrected chi connectivity index (χ3v) is 7.35. The number of aliphatic hydroxyl groups is 3. The minimum atomic E-state index is -1.49. The van der Waals surface area contributed by atoms with Crippen LogP contribution in [0.4, 0.5) is 0 Å². The lowest BCUT2D eigenvalue weighted by Gasteiger charge is -2.38. The van der Waals surface area contributed by atoms with Gasteiger partial charge in [0.2, 0.25) is 6.29 Å². The minimum Gasteiger partial charge on any atom is -0.493 e. The molecule has 0 radical (unpaired) electrons. The molecule has 0 spiro atoms. The van der Waals surface area contributed by atoms with Crippen LogP contribution in [0.5, 0.6) is 28.7 Å². The molecule has 6 rings (SSSR count). The van der Waals surface area contributed by atoms with Gasteiger partial charge in [0, 0.05) is 23.6 Å². The maximum atomic E-state index is 13.8. The van der Waals surface area contributed by atoms with Crippen LogP contribution in [0, 0.1) is 0 Å². The van der Waals surface area contributed by atoms with Crippen LogP contribution in [0.3, 0.4) is 0 Å². The lowest BCUT2D eigenvalue weighted by atomic mass is 9.81. The third-order valence-electron chi connectivity index (χ3n) is 7.35. The van der Waals surface area contributed by atoms with Crippen molar-refractivity contribution in [1.82, 2.24) is 0 Å². The summed E-state index contributed by atoms with van der Waals surface area (Å²) in [6.07, 6.45) is -5.57. The number of methoxy groups -OCH3 is 1. The first kappa shape index (κ1) is 24.1. The fourth-order valence-corrected chi connectivity index (χ4v) is 5.28. The van der Waals surface area contributed by atoms with Crippen molar-refractivity contribution in [2.24, 2.45) is 0 Å². The van der Waals surface area contributed by atoms with E-state index in [0.717, 1.165) is 11.1 Å². The highest BCUT2D eigenvalue weighted by atomic mass is 16.7. The van der Waals surface area contributed by atoms with Crippen molar-refractivity contribution < 1.29 is 48.5 Å². The highest BCUT2D eigenvalue weighted by Gasteiger charge is 2.46. The number of benzene rings is 2. The van der Waals surface area contributed by atoms with Gasteiger partial charge < -0.3 is 43.7 Å². The molecule has 4 heterocycles. The van der Waals surface area contributed by atoms with E-state index < -0.39 is 36.6 Å². The van der Waals surface area contributed by atoms with Crippen LogP contribution in [0.2, 0.25) is 0 Å². The molecule has 10 heteroatoms. The first-order valence-corrected chi connectivity index (χ1v) is 12.1. The number of carbonyl (C=O) groups excluding carboxylic acids is 1. The summed E-state index contributed by atoms with van der Waals surface area (Å²) in [4.78, 5) is 13.8. The smallest absolute Gasteiger partial charge is 0.229 e. The molecule has 196 valence electrons. The predicted molar refractivity (Wildman–Crippen MR) is 128 cm³/mol. The number of fused-ring (bicyclic) bond motifs is 6. The van der Waals surface area contributed by atoms with Gasteiger partial charge in [0.1, 0.15) is 54.4 Å². The largest absolute Gasteiger partial charge is 0.493 e. The van der Waals surface area contributed by atoms with Gasteiger partial charge in [0.05, 0.1) is 25.2 Å².